The number of hydrogen-bond donors (Lipinski definition) is 0. The minimum atomic E-state index is 0.351. The van der Waals surface area contributed by atoms with Gasteiger partial charge in [0.1, 0.15) is 17.4 Å². The molecule has 1 aromatic heterocycles. The van der Waals surface area contributed by atoms with E-state index in [4.69, 9.17) is 4.74 Å². The Kier molecular flexibility index (Phi) is 3.06. The molecule has 0 unspecified atom stereocenters. The fraction of sp³-hybridized carbons (Fsp3) is 0.0588. The Morgan fingerprint density at radius 3 is 2.70 bits per heavy atom. The molecule has 3 heteroatoms. The number of rotatable bonds is 2. The summed E-state index contributed by atoms with van der Waals surface area (Å²) in [6.45, 7) is 1.87. The van der Waals surface area contributed by atoms with E-state index >= 15 is 0 Å². The molecule has 3 nitrogen and oxygen atoms in total. The number of benzene rings is 2. The van der Waals surface area contributed by atoms with Gasteiger partial charge >= 0.3 is 0 Å². The van der Waals surface area contributed by atoms with E-state index < -0.39 is 0 Å². The van der Waals surface area contributed by atoms with Gasteiger partial charge in [0, 0.05) is 11.6 Å². The van der Waals surface area contributed by atoms with Gasteiger partial charge < -0.3 is 4.74 Å². The molecule has 3 rings (SSSR count). The predicted octanol–water partition coefficient (Wildman–Crippen LogP) is 4.21. The lowest BCUT2D eigenvalue weighted by atomic mass is 10.1. The van der Waals surface area contributed by atoms with Crippen molar-refractivity contribution in [2.24, 2.45) is 0 Å². The van der Waals surface area contributed by atoms with Crippen molar-refractivity contribution in [3.05, 3.63) is 65.9 Å². The zero-order valence-electron chi connectivity index (χ0n) is 11.0. The topological polar surface area (TPSA) is 45.9 Å². The molecule has 0 N–H and O–H groups in total. The second-order valence-electron chi connectivity index (χ2n) is 4.50. The highest BCUT2D eigenvalue weighted by Gasteiger charge is 2.10. The molecule has 0 radical (unpaired) electrons. The van der Waals surface area contributed by atoms with Gasteiger partial charge in [-0.05, 0) is 30.0 Å². The standard InChI is InChI=1S/C17H12N2O/c1-12-9-10-19-17(15(12)11-18)20-16-8-4-6-13-5-2-3-7-14(13)16/h2-10H,1H3. The van der Waals surface area contributed by atoms with Crippen LogP contribution in [-0.4, -0.2) is 4.98 Å². The molecule has 0 bridgehead atoms. The first-order valence-electron chi connectivity index (χ1n) is 6.31. The number of pyridine rings is 1. The Morgan fingerprint density at radius 1 is 1.05 bits per heavy atom. The Balaban J connectivity index is 2.11. The van der Waals surface area contributed by atoms with Crippen molar-refractivity contribution in [1.29, 1.82) is 5.26 Å². The number of fused-ring (bicyclic) bond motifs is 1. The van der Waals surface area contributed by atoms with Crippen molar-refractivity contribution in [3.8, 4) is 17.7 Å². The molecule has 0 amide bonds. The number of ether oxygens (including phenoxy) is 1. The van der Waals surface area contributed by atoms with Crippen LogP contribution in [0, 0.1) is 18.3 Å². The van der Waals surface area contributed by atoms with Crippen LogP contribution in [-0.2, 0) is 0 Å². The summed E-state index contributed by atoms with van der Waals surface area (Å²) < 4.78 is 5.86. The normalized spacial score (nSPS) is 10.2. The van der Waals surface area contributed by atoms with Gasteiger partial charge in [0.2, 0.25) is 5.88 Å². The Labute approximate surface area is 117 Å². The average molecular weight is 260 g/mol. The van der Waals surface area contributed by atoms with Gasteiger partial charge in [-0.2, -0.15) is 5.26 Å². The lowest BCUT2D eigenvalue weighted by Crippen LogP contribution is -1.94. The second kappa shape index (κ2) is 5.02. The van der Waals surface area contributed by atoms with E-state index in [1.807, 2.05) is 49.4 Å². The third-order valence-electron chi connectivity index (χ3n) is 3.19. The summed E-state index contributed by atoms with van der Waals surface area (Å²) in [5.41, 5.74) is 1.33. The maximum absolute atomic E-state index is 9.22. The third kappa shape index (κ3) is 2.08. The van der Waals surface area contributed by atoms with E-state index in [0.29, 0.717) is 17.2 Å². The van der Waals surface area contributed by atoms with E-state index in [-0.39, 0.29) is 0 Å². The van der Waals surface area contributed by atoms with E-state index in [2.05, 4.69) is 11.1 Å². The van der Waals surface area contributed by atoms with Gasteiger partial charge in [-0.25, -0.2) is 4.98 Å². The van der Waals surface area contributed by atoms with Crippen LogP contribution < -0.4 is 4.74 Å². The Bertz CT molecular complexity index is 813. The summed E-state index contributed by atoms with van der Waals surface area (Å²) in [5.74, 6) is 1.06. The molecule has 2 aromatic carbocycles. The van der Waals surface area contributed by atoms with Crippen LogP contribution >= 0.6 is 0 Å². The lowest BCUT2D eigenvalue weighted by Gasteiger charge is -2.10. The van der Waals surface area contributed by atoms with Gasteiger partial charge in [-0.1, -0.05) is 36.4 Å². The van der Waals surface area contributed by atoms with Crippen molar-refractivity contribution in [2.45, 2.75) is 6.92 Å². The van der Waals surface area contributed by atoms with E-state index in [0.717, 1.165) is 16.3 Å². The molecule has 0 aliphatic rings. The number of nitrogens with zero attached hydrogens (tertiary/aromatic N) is 2. The molecule has 96 valence electrons. The number of aryl methyl sites for hydroxylation is 1. The van der Waals surface area contributed by atoms with Crippen LogP contribution in [0.4, 0.5) is 0 Å². The van der Waals surface area contributed by atoms with Crippen molar-refractivity contribution < 1.29 is 4.74 Å². The highest BCUT2D eigenvalue weighted by molar-refractivity contribution is 5.88. The lowest BCUT2D eigenvalue weighted by molar-refractivity contribution is 0.466. The SMILES string of the molecule is Cc1ccnc(Oc2cccc3ccccc23)c1C#N. The molecule has 0 saturated heterocycles. The van der Waals surface area contributed by atoms with Crippen molar-refractivity contribution >= 4 is 10.8 Å². The van der Waals surface area contributed by atoms with E-state index in [1.54, 1.807) is 12.3 Å². The number of aromatic nitrogens is 1. The molecule has 20 heavy (non-hydrogen) atoms. The maximum Gasteiger partial charge on any atom is 0.237 e. The third-order valence-corrected chi connectivity index (χ3v) is 3.19. The molecule has 0 fully saturated rings. The molecule has 3 aromatic rings. The number of nitriles is 1. The van der Waals surface area contributed by atoms with Gasteiger partial charge in [0.25, 0.3) is 0 Å². The molecular formula is C17H12N2O. The summed E-state index contributed by atoms with van der Waals surface area (Å²) in [7, 11) is 0. The fourth-order valence-electron chi connectivity index (χ4n) is 2.14. The van der Waals surface area contributed by atoms with Crippen LogP contribution in [0.2, 0.25) is 0 Å². The number of hydrogen-bond acceptors (Lipinski definition) is 3. The van der Waals surface area contributed by atoms with Crippen molar-refractivity contribution in [2.75, 3.05) is 0 Å². The van der Waals surface area contributed by atoms with Gasteiger partial charge in [0.05, 0.1) is 0 Å². The molecule has 0 atom stereocenters. The van der Waals surface area contributed by atoms with Crippen LogP contribution in [0.25, 0.3) is 10.8 Å². The summed E-state index contributed by atoms with van der Waals surface area (Å²) >= 11 is 0. The van der Waals surface area contributed by atoms with Gasteiger partial charge in [0.15, 0.2) is 0 Å². The fourth-order valence-corrected chi connectivity index (χ4v) is 2.14. The smallest absolute Gasteiger partial charge is 0.237 e. The molecule has 0 spiro atoms. The zero-order chi connectivity index (χ0) is 13.9. The molecular weight excluding hydrogens is 248 g/mol. The van der Waals surface area contributed by atoms with Crippen LogP contribution in [0.3, 0.4) is 0 Å². The summed E-state index contributed by atoms with van der Waals surface area (Å²) in [6, 6.07) is 17.7. The summed E-state index contributed by atoms with van der Waals surface area (Å²) in [5, 5.41) is 11.3. The predicted molar refractivity (Wildman–Crippen MR) is 77.7 cm³/mol. The summed E-state index contributed by atoms with van der Waals surface area (Å²) in [6.07, 6.45) is 1.65. The van der Waals surface area contributed by atoms with Gasteiger partial charge in [-0.3, -0.25) is 0 Å². The quantitative estimate of drug-likeness (QED) is 0.693. The monoisotopic (exact) mass is 260 g/mol. The molecule has 0 saturated carbocycles. The van der Waals surface area contributed by atoms with Crippen LogP contribution in [0.1, 0.15) is 11.1 Å². The molecule has 0 aliphatic carbocycles. The second-order valence-corrected chi connectivity index (χ2v) is 4.50. The Morgan fingerprint density at radius 2 is 1.85 bits per heavy atom. The minimum Gasteiger partial charge on any atom is -0.437 e. The summed E-state index contributed by atoms with van der Waals surface area (Å²) in [4.78, 5) is 4.17. The van der Waals surface area contributed by atoms with E-state index in [1.165, 1.54) is 0 Å². The molecule has 0 aliphatic heterocycles. The van der Waals surface area contributed by atoms with Crippen molar-refractivity contribution in [1.82, 2.24) is 4.98 Å². The van der Waals surface area contributed by atoms with Gasteiger partial charge in [-0.15, -0.1) is 0 Å². The van der Waals surface area contributed by atoms with Crippen LogP contribution in [0.5, 0.6) is 11.6 Å². The highest BCUT2D eigenvalue weighted by atomic mass is 16.5. The first-order chi connectivity index (χ1) is 9.79. The minimum absolute atomic E-state index is 0.351. The first-order valence-corrected chi connectivity index (χ1v) is 6.31. The largest absolute Gasteiger partial charge is 0.437 e. The molecule has 1 heterocycles. The van der Waals surface area contributed by atoms with Crippen molar-refractivity contribution in [3.63, 3.8) is 0 Å². The zero-order valence-corrected chi connectivity index (χ0v) is 11.0. The van der Waals surface area contributed by atoms with E-state index in [9.17, 15) is 5.26 Å². The maximum atomic E-state index is 9.22. The van der Waals surface area contributed by atoms with Crippen LogP contribution in [0.15, 0.2) is 54.7 Å². The average Bonchev–Trinajstić information content (AvgIpc) is 2.48. The Hall–Kier alpha value is -2.86. The highest BCUT2D eigenvalue weighted by Crippen LogP contribution is 2.30. The first kappa shape index (κ1) is 12.2.